The van der Waals surface area contributed by atoms with Crippen LogP contribution in [0.5, 0.6) is 0 Å². The highest BCUT2D eigenvalue weighted by Crippen LogP contribution is 2.18. The molecule has 0 aliphatic heterocycles. The van der Waals surface area contributed by atoms with Gasteiger partial charge in [-0.25, -0.2) is 4.39 Å². The van der Waals surface area contributed by atoms with Crippen LogP contribution in [0.2, 0.25) is 0 Å². The Balaban J connectivity index is 2.73. The van der Waals surface area contributed by atoms with Gasteiger partial charge >= 0.3 is 5.97 Å². The highest BCUT2D eigenvalue weighted by atomic mass is 35.5. The van der Waals surface area contributed by atoms with Crippen molar-refractivity contribution in [3.8, 4) is 0 Å². The van der Waals surface area contributed by atoms with Crippen LogP contribution in [0.25, 0.3) is 0 Å². The molecule has 0 saturated carbocycles. The summed E-state index contributed by atoms with van der Waals surface area (Å²) >= 11 is 5.52. The fourth-order valence-electron chi connectivity index (χ4n) is 1.58. The lowest BCUT2D eigenvalue weighted by molar-refractivity contribution is -0.141. The summed E-state index contributed by atoms with van der Waals surface area (Å²) < 4.78 is 12.7. The summed E-state index contributed by atoms with van der Waals surface area (Å²) in [6.45, 7) is 1.79. The molecule has 2 nitrogen and oxygen atoms in total. The lowest BCUT2D eigenvalue weighted by Crippen LogP contribution is -2.16. The van der Waals surface area contributed by atoms with Gasteiger partial charge in [0.25, 0.3) is 0 Å². The van der Waals surface area contributed by atoms with E-state index >= 15 is 0 Å². The van der Waals surface area contributed by atoms with Crippen LogP contribution >= 0.6 is 11.6 Å². The first-order valence-corrected chi connectivity index (χ1v) is 5.69. The highest BCUT2D eigenvalue weighted by molar-refractivity contribution is 6.25. The largest absolute Gasteiger partial charge is 0.481 e. The van der Waals surface area contributed by atoms with Crippen molar-refractivity contribution < 1.29 is 14.3 Å². The molecule has 4 heteroatoms. The molecule has 0 saturated heterocycles. The number of allylic oxidation sites excluding steroid dienone is 1. The van der Waals surface area contributed by atoms with E-state index in [1.807, 2.05) is 0 Å². The highest BCUT2D eigenvalue weighted by Gasteiger charge is 2.18. The normalized spacial score (nSPS) is 13.5. The van der Waals surface area contributed by atoms with Gasteiger partial charge in [-0.2, -0.15) is 0 Å². The molecule has 0 spiro atoms. The molecule has 1 atom stereocenters. The van der Waals surface area contributed by atoms with Crippen molar-refractivity contribution in [2.45, 2.75) is 19.8 Å². The molecule has 1 aromatic carbocycles. The number of rotatable bonds is 5. The zero-order valence-corrected chi connectivity index (χ0v) is 10.2. The maximum atomic E-state index is 12.7. The van der Waals surface area contributed by atoms with Gasteiger partial charge in [0.15, 0.2) is 0 Å². The topological polar surface area (TPSA) is 37.3 Å². The first-order chi connectivity index (χ1) is 8.02. The van der Waals surface area contributed by atoms with Crippen LogP contribution in [0, 0.1) is 11.7 Å². The second-order valence-corrected chi connectivity index (χ2v) is 4.24. The molecule has 1 aromatic rings. The number of aliphatic carboxylic acids is 1. The van der Waals surface area contributed by atoms with Gasteiger partial charge in [-0.3, -0.25) is 4.79 Å². The van der Waals surface area contributed by atoms with Crippen molar-refractivity contribution >= 4 is 17.6 Å². The van der Waals surface area contributed by atoms with E-state index in [-0.39, 0.29) is 5.82 Å². The van der Waals surface area contributed by atoms with Gasteiger partial charge in [0.05, 0.1) is 5.92 Å². The summed E-state index contributed by atoms with van der Waals surface area (Å²) in [7, 11) is 0. The predicted molar refractivity (Wildman–Crippen MR) is 65.5 cm³/mol. The molecule has 0 aromatic heterocycles. The minimum Gasteiger partial charge on any atom is -0.481 e. The standard InChI is InChI=1S/C13H14ClFO2/c1-9(8-14)6-11(13(16)17)7-10-2-4-12(15)5-3-10/h2-5,8,11H,6-7H2,1H3,(H,16,17)/b9-8-. The number of halogens is 2. The Bertz CT molecular complexity index is 412. The fourth-order valence-corrected chi connectivity index (χ4v) is 1.67. The molecule has 1 unspecified atom stereocenters. The van der Waals surface area contributed by atoms with Crippen molar-refractivity contribution in [1.29, 1.82) is 0 Å². The first kappa shape index (κ1) is 13.7. The second kappa shape index (κ2) is 6.40. The Morgan fingerprint density at radius 2 is 2.06 bits per heavy atom. The number of carboxylic acid groups (broad SMARTS) is 1. The van der Waals surface area contributed by atoms with E-state index < -0.39 is 11.9 Å². The SMILES string of the molecule is C/C(=C/Cl)CC(Cc1ccc(F)cc1)C(=O)O. The Morgan fingerprint density at radius 1 is 1.47 bits per heavy atom. The summed E-state index contributed by atoms with van der Waals surface area (Å²) in [5, 5.41) is 9.09. The van der Waals surface area contributed by atoms with Crippen LogP contribution in [-0.2, 0) is 11.2 Å². The molecule has 0 fully saturated rings. The molecular formula is C13H14ClFO2. The molecule has 0 aliphatic rings. The average molecular weight is 257 g/mol. The quantitative estimate of drug-likeness (QED) is 0.874. The average Bonchev–Trinajstić information content (AvgIpc) is 2.30. The van der Waals surface area contributed by atoms with E-state index in [2.05, 4.69) is 0 Å². The number of carboxylic acids is 1. The van der Waals surface area contributed by atoms with Crippen LogP contribution in [0.15, 0.2) is 35.4 Å². The number of carbonyl (C=O) groups is 1. The molecule has 1 rings (SSSR count). The Kier molecular flexibility index (Phi) is 5.16. The summed E-state index contributed by atoms with van der Waals surface area (Å²) in [6.07, 6.45) is 0.772. The maximum Gasteiger partial charge on any atom is 0.307 e. The van der Waals surface area contributed by atoms with Crippen molar-refractivity contribution in [3.63, 3.8) is 0 Å². The first-order valence-electron chi connectivity index (χ1n) is 5.26. The summed E-state index contributed by atoms with van der Waals surface area (Å²) in [4.78, 5) is 11.1. The summed E-state index contributed by atoms with van der Waals surface area (Å²) in [5.41, 5.74) is 3.02. The number of benzene rings is 1. The molecule has 92 valence electrons. The van der Waals surface area contributed by atoms with Crippen LogP contribution in [0.3, 0.4) is 0 Å². The lowest BCUT2D eigenvalue weighted by atomic mass is 9.93. The van der Waals surface area contributed by atoms with Crippen molar-refractivity contribution in [2.75, 3.05) is 0 Å². The van der Waals surface area contributed by atoms with Crippen LogP contribution in [0.4, 0.5) is 4.39 Å². The third kappa shape index (κ3) is 4.57. The van der Waals surface area contributed by atoms with E-state index in [1.54, 1.807) is 19.1 Å². The smallest absolute Gasteiger partial charge is 0.307 e. The predicted octanol–water partition coefficient (Wildman–Crippen LogP) is 3.60. The molecule has 0 amide bonds. The van der Waals surface area contributed by atoms with E-state index in [9.17, 15) is 9.18 Å². The second-order valence-electron chi connectivity index (χ2n) is 4.03. The maximum absolute atomic E-state index is 12.7. The molecule has 1 N–H and O–H groups in total. The summed E-state index contributed by atoms with van der Waals surface area (Å²) in [5.74, 6) is -1.72. The monoisotopic (exact) mass is 256 g/mol. The zero-order valence-electron chi connectivity index (χ0n) is 9.49. The van der Waals surface area contributed by atoms with E-state index in [4.69, 9.17) is 16.7 Å². The van der Waals surface area contributed by atoms with Crippen molar-refractivity contribution in [1.82, 2.24) is 0 Å². The van der Waals surface area contributed by atoms with E-state index in [0.29, 0.717) is 12.8 Å². The van der Waals surface area contributed by atoms with E-state index in [0.717, 1.165) is 11.1 Å². The van der Waals surface area contributed by atoms with Gasteiger partial charge in [-0.05, 0) is 37.5 Å². The number of hydrogen-bond acceptors (Lipinski definition) is 1. The van der Waals surface area contributed by atoms with Gasteiger partial charge < -0.3 is 5.11 Å². The van der Waals surface area contributed by atoms with Gasteiger partial charge in [0.1, 0.15) is 5.82 Å². The molecule has 0 bridgehead atoms. The van der Waals surface area contributed by atoms with Gasteiger partial charge in [-0.1, -0.05) is 29.3 Å². The van der Waals surface area contributed by atoms with Gasteiger partial charge in [0, 0.05) is 5.54 Å². The Labute approximate surface area is 105 Å². The van der Waals surface area contributed by atoms with E-state index in [1.165, 1.54) is 17.7 Å². The van der Waals surface area contributed by atoms with Gasteiger partial charge in [-0.15, -0.1) is 0 Å². The Morgan fingerprint density at radius 3 is 2.53 bits per heavy atom. The molecular weight excluding hydrogens is 243 g/mol. The number of hydrogen-bond donors (Lipinski definition) is 1. The fraction of sp³-hybridized carbons (Fsp3) is 0.308. The summed E-state index contributed by atoms with van der Waals surface area (Å²) in [6, 6.07) is 5.87. The third-order valence-electron chi connectivity index (χ3n) is 2.50. The van der Waals surface area contributed by atoms with Crippen molar-refractivity contribution in [3.05, 3.63) is 46.8 Å². The Hall–Kier alpha value is -1.35. The molecule has 17 heavy (non-hydrogen) atoms. The van der Waals surface area contributed by atoms with Crippen LogP contribution < -0.4 is 0 Å². The lowest BCUT2D eigenvalue weighted by Gasteiger charge is -2.12. The molecule has 0 aliphatic carbocycles. The minimum absolute atomic E-state index is 0.322. The third-order valence-corrected chi connectivity index (χ3v) is 2.87. The minimum atomic E-state index is -0.868. The van der Waals surface area contributed by atoms with Crippen LogP contribution in [-0.4, -0.2) is 11.1 Å². The van der Waals surface area contributed by atoms with Crippen LogP contribution in [0.1, 0.15) is 18.9 Å². The molecule has 0 heterocycles. The molecule has 0 radical (unpaired) electrons. The zero-order chi connectivity index (χ0) is 12.8. The van der Waals surface area contributed by atoms with Gasteiger partial charge in [0.2, 0.25) is 0 Å². The van der Waals surface area contributed by atoms with Crippen molar-refractivity contribution in [2.24, 2.45) is 5.92 Å².